The van der Waals surface area contributed by atoms with Crippen molar-refractivity contribution in [3.05, 3.63) is 28.2 Å². The SMILES string of the molecule is COc1ccc(/C(C)=N\NC(=O)C(N)=O)cc1Br. The van der Waals surface area contributed by atoms with Gasteiger partial charge >= 0.3 is 11.8 Å². The summed E-state index contributed by atoms with van der Waals surface area (Å²) in [5.41, 5.74) is 8.14. The summed E-state index contributed by atoms with van der Waals surface area (Å²) in [5.74, 6) is -1.35. The first kappa shape index (κ1) is 14.2. The van der Waals surface area contributed by atoms with Crippen LogP contribution in [0.2, 0.25) is 0 Å². The summed E-state index contributed by atoms with van der Waals surface area (Å²) in [6.45, 7) is 1.69. The number of ether oxygens (including phenoxy) is 1. The molecule has 1 aromatic rings. The summed E-state index contributed by atoms with van der Waals surface area (Å²) < 4.78 is 5.85. The smallest absolute Gasteiger partial charge is 0.329 e. The van der Waals surface area contributed by atoms with Crippen molar-refractivity contribution < 1.29 is 14.3 Å². The van der Waals surface area contributed by atoms with E-state index in [9.17, 15) is 9.59 Å². The van der Waals surface area contributed by atoms with Crippen LogP contribution in [0.3, 0.4) is 0 Å². The third-order valence-corrected chi connectivity index (χ3v) is 2.74. The Hall–Kier alpha value is -1.89. The second-order valence-electron chi connectivity index (χ2n) is 3.35. The average molecular weight is 314 g/mol. The topological polar surface area (TPSA) is 93.8 Å². The molecule has 1 rings (SSSR count). The predicted octanol–water partition coefficient (Wildman–Crippen LogP) is 0.783. The first-order valence-corrected chi connectivity index (χ1v) is 5.73. The van der Waals surface area contributed by atoms with Crippen LogP contribution in [-0.2, 0) is 9.59 Å². The molecule has 0 saturated carbocycles. The molecule has 0 bridgehead atoms. The highest BCUT2D eigenvalue weighted by molar-refractivity contribution is 9.10. The zero-order valence-electron chi connectivity index (χ0n) is 9.86. The van der Waals surface area contributed by atoms with Gasteiger partial charge in [0.15, 0.2) is 0 Å². The van der Waals surface area contributed by atoms with E-state index >= 15 is 0 Å². The molecule has 0 fully saturated rings. The number of nitrogens with two attached hydrogens (primary N) is 1. The van der Waals surface area contributed by atoms with Crippen LogP contribution >= 0.6 is 15.9 Å². The number of nitrogens with one attached hydrogen (secondary N) is 1. The molecule has 2 amide bonds. The maximum absolute atomic E-state index is 10.9. The van der Waals surface area contributed by atoms with Crippen molar-refractivity contribution in [2.24, 2.45) is 10.8 Å². The van der Waals surface area contributed by atoms with Gasteiger partial charge in [-0.15, -0.1) is 0 Å². The number of primary amides is 1. The molecule has 7 heteroatoms. The Bertz CT molecular complexity index is 514. The summed E-state index contributed by atoms with van der Waals surface area (Å²) in [7, 11) is 1.56. The van der Waals surface area contributed by atoms with Gasteiger partial charge in [0.1, 0.15) is 5.75 Å². The number of methoxy groups -OCH3 is 1. The molecule has 0 aliphatic heterocycles. The highest BCUT2D eigenvalue weighted by Crippen LogP contribution is 2.25. The minimum Gasteiger partial charge on any atom is -0.496 e. The molecule has 0 aliphatic rings. The average Bonchev–Trinajstić information content (AvgIpc) is 2.35. The molecule has 0 atom stereocenters. The maximum Gasteiger partial charge on any atom is 0.329 e. The van der Waals surface area contributed by atoms with E-state index in [-0.39, 0.29) is 0 Å². The largest absolute Gasteiger partial charge is 0.496 e. The first-order chi connectivity index (χ1) is 8.45. The number of benzene rings is 1. The standard InChI is InChI=1S/C11H12BrN3O3/c1-6(14-15-11(17)10(13)16)7-3-4-9(18-2)8(12)5-7/h3-5H,1-2H3,(H2,13,16)(H,15,17)/b14-6-. The Morgan fingerprint density at radius 1 is 1.44 bits per heavy atom. The van der Waals surface area contributed by atoms with Gasteiger partial charge in [-0.3, -0.25) is 9.59 Å². The second-order valence-corrected chi connectivity index (χ2v) is 4.21. The minimum absolute atomic E-state index is 0.535. The van der Waals surface area contributed by atoms with Crippen LogP contribution in [0.15, 0.2) is 27.8 Å². The maximum atomic E-state index is 10.9. The van der Waals surface area contributed by atoms with Crippen LogP contribution in [0, 0.1) is 0 Å². The quantitative estimate of drug-likeness (QED) is 0.490. The third-order valence-electron chi connectivity index (χ3n) is 2.12. The summed E-state index contributed by atoms with van der Waals surface area (Å²) in [6, 6.07) is 5.32. The van der Waals surface area contributed by atoms with Gasteiger partial charge < -0.3 is 10.5 Å². The molecule has 6 nitrogen and oxygen atoms in total. The van der Waals surface area contributed by atoms with Crippen LogP contribution in [0.1, 0.15) is 12.5 Å². The lowest BCUT2D eigenvalue weighted by Gasteiger charge is -2.06. The summed E-state index contributed by atoms with van der Waals surface area (Å²) in [6.07, 6.45) is 0. The second kappa shape index (κ2) is 6.15. The van der Waals surface area contributed by atoms with Gasteiger partial charge in [-0.2, -0.15) is 5.10 Å². The van der Waals surface area contributed by atoms with E-state index in [2.05, 4.69) is 26.5 Å². The van der Waals surface area contributed by atoms with Crippen molar-refractivity contribution >= 4 is 33.5 Å². The lowest BCUT2D eigenvalue weighted by atomic mass is 10.1. The monoisotopic (exact) mass is 313 g/mol. The fraction of sp³-hybridized carbons (Fsp3) is 0.182. The molecular weight excluding hydrogens is 302 g/mol. The Morgan fingerprint density at radius 3 is 2.61 bits per heavy atom. The van der Waals surface area contributed by atoms with Crippen molar-refractivity contribution in [1.82, 2.24) is 5.43 Å². The van der Waals surface area contributed by atoms with Gasteiger partial charge in [0, 0.05) is 0 Å². The Morgan fingerprint density at radius 2 is 2.11 bits per heavy atom. The van der Waals surface area contributed by atoms with E-state index in [1.165, 1.54) is 0 Å². The number of hydrogen-bond donors (Lipinski definition) is 2. The van der Waals surface area contributed by atoms with Gasteiger partial charge in [-0.1, -0.05) is 0 Å². The summed E-state index contributed by atoms with van der Waals surface area (Å²) >= 11 is 3.34. The highest BCUT2D eigenvalue weighted by Gasteiger charge is 2.08. The van der Waals surface area contributed by atoms with E-state index in [0.29, 0.717) is 11.5 Å². The predicted molar refractivity (Wildman–Crippen MR) is 70.2 cm³/mol. The molecule has 3 N–H and O–H groups in total. The summed E-state index contributed by atoms with van der Waals surface area (Å²) in [5, 5.41) is 3.77. The van der Waals surface area contributed by atoms with E-state index < -0.39 is 11.8 Å². The zero-order valence-corrected chi connectivity index (χ0v) is 11.4. The third kappa shape index (κ3) is 3.56. The van der Waals surface area contributed by atoms with Crippen molar-refractivity contribution in [3.8, 4) is 5.75 Å². The number of hydrogen-bond acceptors (Lipinski definition) is 4. The molecule has 18 heavy (non-hydrogen) atoms. The number of hydrazone groups is 1. The van der Waals surface area contributed by atoms with E-state index in [1.54, 1.807) is 32.2 Å². The zero-order chi connectivity index (χ0) is 13.7. The molecule has 0 spiro atoms. The van der Waals surface area contributed by atoms with Gasteiger partial charge in [0.25, 0.3) is 0 Å². The molecule has 0 heterocycles. The molecule has 0 unspecified atom stereocenters. The van der Waals surface area contributed by atoms with Crippen LogP contribution in [-0.4, -0.2) is 24.6 Å². The number of carbonyl (C=O) groups excluding carboxylic acids is 2. The fourth-order valence-electron chi connectivity index (χ4n) is 1.15. The van der Waals surface area contributed by atoms with Crippen molar-refractivity contribution in [1.29, 1.82) is 0 Å². The van der Waals surface area contributed by atoms with E-state index in [4.69, 9.17) is 10.5 Å². The normalized spacial score (nSPS) is 10.9. The molecule has 0 aliphatic carbocycles. The minimum atomic E-state index is -1.08. The Labute approximate surface area is 112 Å². The molecule has 1 aromatic carbocycles. The number of nitrogens with zero attached hydrogens (tertiary/aromatic N) is 1. The summed E-state index contributed by atoms with van der Waals surface area (Å²) in [4.78, 5) is 21.4. The fourth-order valence-corrected chi connectivity index (χ4v) is 1.69. The van der Waals surface area contributed by atoms with Gasteiger partial charge in [-0.25, -0.2) is 5.43 Å². The lowest BCUT2D eigenvalue weighted by molar-refractivity contribution is -0.137. The highest BCUT2D eigenvalue weighted by atomic mass is 79.9. The Kier molecular flexibility index (Phi) is 4.85. The van der Waals surface area contributed by atoms with Gasteiger partial charge in [-0.05, 0) is 46.6 Å². The molecular formula is C11H12BrN3O3. The number of carbonyl (C=O) groups is 2. The van der Waals surface area contributed by atoms with Gasteiger partial charge in [0.05, 0.1) is 17.3 Å². The molecule has 0 saturated heterocycles. The van der Waals surface area contributed by atoms with Crippen molar-refractivity contribution in [2.45, 2.75) is 6.92 Å². The number of amides is 2. The van der Waals surface area contributed by atoms with Crippen molar-refractivity contribution in [2.75, 3.05) is 7.11 Å². The molecule has 0 radical (unpaired) electrons. The lowest BCUT2D eigenvalue weighted by Crippen LogP contribution is -2.33. The van der Waals surface area contributed by atoms with Crippen LogP contribution < -0.4 is 15.9 Å². The number of halogens is 1. The molecule has 0 aromatic heterocycles. The van der Waals surface area contributed by atoms with Crippen molar-refractivity contribution in [3.63, 3.8) is 0 Å². The number of rotatable bonds is 3. The van der Waals surface area contributed by atoms with Gasteiger partial charge in [0.2, 0.25) is 0 Å². The van der Waals surface area contributed by atoms with Crippen LogP contribution in [0.4, 0.5) is 0 Å². The Balaban J connectivity index is 2.87. The first-order valence-electron chi connectivity index (χ1n) is 4.93. The van der Waals surface area contributed by atoms with Crippen LogP contribution in [0.5, 0.6) is 5.75 Å². The van der Waals surface area contributed by atoms with E-state index in [0.717, 1.165) is 10.0 Å². The van der Waals surface area contributed by atoms with Crippen LogP contribution in [0.25, 0.3) is 0 Å². The van der Waals surface area contributed by atoms with E-state index in [1.807, 2.05) is 0 Å². The molecule has 96 valence electrons.